The molecule has 0 amide bonds. The number of benzene rings is 2. The maximum absolute atomic E-state index is 14.1. The van der Waals surface area contributed by atoms with E-state index in [9.17, 15) is 9.18 Å². The smallest absolute Gasteiger partial charge is 0.263 e. The zero-order valence-electron chi connectivity index (χ0n) is 16.8. The topological polar surface area (TPSA) is 60.9 Å². The fourth-order valence-electron chi connectivity index (χ4n) is 4.16. The molecule has 0 aliphatic heterocycles. The summed E-state index contributed by atoms with van der Waals surface area (Å²) in [7, 11) is 0. The highest BCUT2D eigenvalue weighted by Gasteiger charge is 2.29. The predicted molar refractivity (Wildman–Crippen MR) is 119 cm³/mol. The van der Waals surface area contributed by atoms with Crippen LogP contribution in [0.15, 0.2) is 57.9 Å². The van der Waals surface area contributed by atoms with E-state index in [-0.39, 0.29) is 17.9 Å². The molecule has 0 atom stereocenters. The maximum atomic E-state index is 14.1. The molecule has 1 aliphatic carbocycles. The molecule has 0 saturated heterocycles. The summed E-state index contributed by atoms with van der Waals surface area (Å²) in [6, 6.07) is 12.6. The lowest BCUT2D eigenvalue weighted by molar-refractivity contribution is 0.460. The number of aryl methyl sites for hydroxylation is 1. The number of rotatable bonds is 4. The molecule has 0 unspecified atom stereocenters. The van der Waals surface area contributed by atoms with Crippen LogP contribution < -0.4 is 5.56 Å². The summed E-state index contributed by atoms with van der Waals surface area (Å²) >= 11 is 1.50. The van der Waals surface area contributed by atoms with E-state index in [1.54, 1.807) is 29.8 Å². The molecule has 1 aliphatic rings. The van der Waals surface area contributed by atoms with Crippen LogP contribution >= 0.6 is 11.3 Å². The molecule has 154 valence electrons. The highest BCUT2D eigenvalue weighted by atomic mass is 32.1. The van der Waals surface area contributed by atoms with Gasteiger partial charge in [0.1, 0.15) is 22.2 Å². The number of nitrogens with zero attached hydrogens (tertiary/aromatic N) is 3. The SMILES string of the molecule is Cc1ncc(Cn2c(-c3ccc(F)cc3C3CC3)nc3sc4ccccc4c3c2=O)o1. The van der Waals surface area contributed by atoms with E-state index in [1.807, 2.05) is 24.3 Å². The molecule has 6 rings (SSSR count). The second kappa shape index (κ2) is 6.85. The molecule has 5 aromatic rings. The number of hydrogen-bond acceptors (Lipinski definition) is 5. The van der Waals surface area contributed by atoms with Gasteiger partial charge in [0.2, 0.25) is 0 Å². The molecule has 2 aromatic carbocycles. The second-order valence-electron chi connectivity index (χ2n) is 7.96. The maximum Gasteiger partial charge on any atom is 0.263 e. The summed E-state index contributed by atoms with van der Waals surface area (Å²) < 4.78 is 22.4. The van der Waals surface area contributed by atoms with E-state index in [1.165, 1.54) is 17.4 Å². The zero-order valence-corrected chi connectivity index (χ0v) is 17.6. The van der Waals surface area contributed by atoms with Crippen LogP contribution in [0.2, 0.25) is 0 Å². The second-order valence-corrected chi connectivity index (χ2v) is 8.99. The van der Waals surface area contributed by atoms with Crippen molar-refractivity contribution in [1.82, 2.24) is 14.5 Å². The Labute approximate surface area is 180 Å². The van der Waals surface area contributed by atoms with Gasteiger partial charge in [-0.15, -0.1) is 11.3 Å². The monoisotopic (exact) mass is 431 g/mol. The number of hydrogen-bond donors (Lipinski definition) is 0. The molecule has 0 N–H and O–H groups in total. The van der Waals surface area contributed by atoms with Gasteiger partial charge in [-0.25, -0.2) is 14.4 Å². The van der Waals surface area contributed by atoms with Crippen molar-refractivity contribution in [3.63, 3.8) is 0 Å². The summed E-state index contributed by atoms with van der Waals surface area (Å²) in [5.41, 5.74) is 1.59. The van der Waals surface area contributed by atoms with E-state index in [4.69, 9.17) is 9.40 Å². The summed E-state index contributed by atoms with van der Waals surface area (Å²) in [6.07, 6.45) is 3.67. The number of fused-ring (bicyclic) bond motifs is 3. The van der Waals surface area contributed by atoms with E-state index in [2.05, 4.69) is 4.98 Å². The molecular formula is C24H18FN3O2S. The Morgan fingerprint density at radius 2 is 2.06 bits per heavy atom. The normalized spacial score (nSPS) is 14.0. The van der Waals surface area contributed by atoms with Crippen molar-refractivity contribution >= 4 is 31.6 Å². The molecule has 5 nitrogen and oxygen atoms in total. The van der Waals surface area contributed by atoms with Crippen LogP contribution in [0.3, 0.4) is 0 Å². The molecule has 31 heavy (non-hydrogen) atoms. The average Bonchev–Trinajstić information content (AvgIpc) is 3.42. The van der Waals surface area contributed by atoms with Crippen molar-refractivity contribution in [1.29, 1.82) is 0 Å². The van der Waals surface area contributed by atoms with Gasteiger partial charge in [-0.3, -0.25) is 9.36 Å². The van der Waals surface area contributed by atoms with Gasteiger partial charge in [0, 0.05) is 22.6 Å². The Morgan fingerprint density at radius 3 is 2.84 bits per heavy atom. The third-order valence-corrected chi connectivity index (χ3v) is 6.82. The Bertz CT molecular complexity index is 1530. The lowest BCUT2D eigenvalue weighted by Crippen LogP contribution is -2.24. The van der Waals surface area contributed by atoms with E-state index >= 15 is 0 Å². The first-order chi connectivity index (χ1) is 15.1. The largest absolute Gasteiger partial charge is 0.444 e. The average molecular weight is 431 g/mol. The van der Waals surface area contributed by atoms with Gasteiger partial charge < -0.3 is 4.42 Å². The lowest BCUT2D eigenvalue weighted by atomic mass is 10.0. The third-order valence-electron chi connectivity index (χ3n) is 5.75. The van der Waals surface area contributed by atoms with Gasteiger partial charge >= 0.3 is 0 Å². The van der Waals surface area contributed by atoms with Crippen LogP contribution in [0.5, 0.6) is 0 Å². The predicted octanol–water partition coefficient (Wildman–Crippen LogP) is 5.64. The van der Waals surface area contributed by atoms with Gasteiger partial charge in [-0.2, -0.15) is 0 Å². The minimum Gasteiger partial charge on any atom is -0.444 e. The van der Waals surface area contributed by atoms with Crippen LogP contribution in [0.25, 0.3) is 31.7 Å². The molecule has 3 heterocycles. The minimum atomic E-state index is -0.270. The van der Waals surface area contributed by atoms with Crippen molar-refractivity contribution in [2.75, 3.05) is 0 Å². The molecule has 1 saturated carbocycles. The Morgan fingerprint density at radius 1 is 1.23 bits per heavy atom. The van der Waals surface area contributed by atoms with Crippen LogP contribution in [0, 0.1) is 12.7 Å². The summed E-state index contributed by atoms with van der Waals surface area (Å²) in [5.74, 6) is 1.70. The first-order valence-electron chi connectivity index (χ1n) is 10.2. The number of oxazole rings is 1. The van der Waals surface area contributed by atoms with Gasteiger partial charge in [0.15, 0.2) is 5.89 Å². The van der Waals surface area contributed by atoms with Gasteiger partial charge in [-0.1, -0.05) is 18.2 Å². The molecular weight excluding hydrogens is 413 g/mol. The summed E-state index contributed by atoms with van der Waals surface area (Å²) in [5, 5.41) is 1.51. The van der Waals surface area contributed by atoms with E-state index in [0.717, 1.165) is 34.1 Å². The van der Waals surface area contributed by atoms with Crippen LogP contribution in [0.1, 0.15) is 36.0 Å². The molecule has 0 radical (unpaired) electrons. The Hall–Kier alpha value is -3.32. The standard InChI is InChI=1S/C24H18FN3O2S/c1-13-26-11-16(30-13)12-28-22(17-9-8-15(25)10-19(17)14-6-7-14)27-23-21(24(28)29)18-4-2-3-5-20(18)31-23/h2-5,8-11,14H,6-7,12H2,1H3. The number of aromatic nitrogens is 3. The Balaban J connectivity index is 1.67. The van der Waals surface area contributed by atoms with Crippen LogP contribution in [0.4, 0.5) is 4.39 Å². The van der Waals surface area contributed by atoms with E-state index in [0.29, 0.717) is 33.6 Å². The highest BCUT2D eigenvalue weighted by Crippen LogP contribution is 2.44. The highest BCUT2D eigenvalue weighted by molar-refractivity contribution is 7.25. The van der Waals surface area contributed by atoms with Crippen molar-refractivity contribution in [3.05, 3.63) is 82.0 Å². The van der Waals surface area contributed by atoms with E-state index < -0.39 is 0 Å². The molecule has 1 fully saturated rings. The van der Waals surface area contributed by atoms with Crippen molar-refractivity contribution in [3.8, 4) is 11.4 Å². The van der Waals surface area contributed by atoms with Crippen molar-refractivity contribution < 1.29 is 8.81 Å². The number of halogens is 1. The van der Waals surface area contributed by atoms with Crippen LogP contribution in [-0.2, 0) is 6.54 Å². The molecule has 3 aromatic heterocycles. The summed E-state index contributed by atoms with van der Waals surface area (Å²) in [4.78, 5) is 23.6. The van der Waals surface area contributed by atoms with Gasteiger partial charge in [0.25, 0.3) is 5.56 Å². The summed E-state index contributed by atoms with van der Waals surface area (Å²) in [6.45, 7) is 1.98. The first kappa shape index (κ1) is 18.4. The molecule has 7 heteroatoms. The van der Waals surface area contributed by atoms with Crippen LogP contribution in [-0.4, -0.2) is 14.5 Å². The lowest BCUT2D eigenvalue weighted by Gasteiger charge is -2.15. The van der Waals surface area contributed by atoms with Gasteiger partial charge in [0.05, 0.1) is 18.1 Å². The van der Waals surface area contributed by atoms with Crippen molar-refractivity contribution in [2.45, 2.75) is 32.2 Å². The zero-order chi connectivity index (χ0) is 21.1. The quantitative estimate of drug-likeness (QED) is 0.369. The first-order valence-corrected chi connectivity index (χ1v) is 11.0. The fourth-order valence-corrected chi connectivity index (χ4v) is 5.23. The fraction of sp³-hybridized carbons (Fsp3) is 0.208. The third kappa shape index (κ3) is 3.08. The Kier molecular flexibility index (Phi) is 4.08. The molecule has 0 spiro atoms. The van der Waals surface area contributed by atoms with Crippen molar-refractivity contribution in [2.24, 2.45) is 0 Å². The number of thiophene rings is 1. The molecule has 0 bridgehead atoms. The minimum absolute atomic E-state index is 0.127. The van der Waals surface area contributed by atoms with Gasteiger partial charge in [-0.05, 0) is 48.6 Å².